The van der Waals surface area contributed by atoms with E-state index < -0.39 is 0 Å². The first kappa shape index (κ1) is 24.4. The van der Waals surface area contributed by atoms with Gasteiger partial charge in [0.2, 0.25) is 0 Å². The van der Waals surface area contributed by atoms with Gasteiger partial charge in [0.05, 0.1) is 17.5 Å². The number of aryl methyl sites for hydroxylation is 1. The molecule has 0 spiro atoms. The molecule has 0 saturated carbocycles. The summed E-state index contributed by atoms with van der Waals surface area (Å²) in [5.41, 5.74) is 8.83. The van der Waals surface area contributed by atoms with Gasteiger partial charge in [-0.25, -0.2) is 0 Å². The molecule has 0 aliphatic heterocycles. The number of anilines is 1. The summed E-state index contributed by atoms with van der Waals surface area (Å²) in [4.78, 5) is 17.1. The second-order valence-corrected chi connectivity index (χ2v) is 7.29. The molecular weight excluding hydrogens is 382 g/mol. The highest BCUT2D eigenvalue weighted by molar-refractivity contribution is 7.21. The van der Waals surface area contributed by atoms with E-state index in [-0.39, 0.29) is 5.91 Å². The number of thiophene rings is 1. The van der Waals surface area contributed by atoms with Gasteiger partial charge in [0.1, 0.15) is 10.6 Å². The summed E-state index contributed by atoms with van der Waals surface area (Å²) in [6.07, 6.45) is 5.51. The molecule has 3 aromatic rings. The van der Waals surface area contributed by atoms with E-state index in [1.165, 1.54) is 17.8 Å². The highest BCUT2D eigenvalue weighted by atomic mass is 32.1. The predicted molar refractivity (Wildman–Crippen MR) is 125 cm³/mol. The molecule has 3 rings (SSSR count). The van der Waals surface area contributed by atoms with Crippen molar-refractivity contribution in [1.82, 2.24) is 10.3 Å². The number of rotatable bonds is 5. The molecule has 0 unspecified atom stereocenters. The highest BCUT2D eigenvalue weighted by Gasteiger charge is 2.17. The van der Waals surface area contributed by atoms with E-state index in [9.17, 15) is 4.79 Å². The van der Waals surface area contributed by atoms with Crippen LogP contribution in [-0.4, -0.2) is 24.5 Å². The lowest BCUT2D eigenvalue weighted by molar-refractivity contribution is 0.0959. The third-order valence-electron chi connectivity index (χ3n) is 3.89. The molecule has 2 heterocycles. The first-order valence-electron chi connectivity index (χ1n) is 10.0. The van der Waals surface area contributed by atoms with Gasteiger partial charge in [-0.3, -0.25) is 9.78 Å². The van der Waals surface area contributed by atoms with Crippen molar-refractivity contribution in [2.45, 2.75) is 47.5 Å². The van der Waals surface area contributed by atoms with Gasteiger partial charge in [-0.05, 0) is 36.6 Å². The van der Waals surface area contributed by atoms with Crippen LogP contribution in [0.15, 0.2) is 36.7 Å². The topological polar surface area (TPSA) is 77.2 Å². The predicted octanol–water partition coefficient (Wildman–Crippen LogP) is 5.61. The van der Waals surface area contributed by atoms with Gasteiger partial charge in [-0.2, -0.15) is 0 Å². The molecule has 0 bridgehead atoms. The molecule has 0 atom stereocenters. The van der Waals surface area contributed by atoms with Crippen molar-refractivity contribution < 1.29 is 9.53 Å². The fraction of sp³-hybridized carbons (Fsp3) is 0.391. The molecule has 2 aromatic heterocycles. The Morgan fingerprint density at radius 3 is 2.34 bits per heavy atom. The van der Waals surface area contributed by atoms with Gasteiger partial charge in [-0.15, -0.1) is 11.3 Å². The molecule has 0 aliphatic rings. The van der Waals surface area contributed by atoms with Gasteiger partial charge < -0.3 is 15.8 Å². The number of hydrogen-bond acceptors (Lipinski definition) is 5. The molecule has 158 valence electrons. The van der Waals surface area contributed by atoms with Crippen LogP contribution >= 0.6 is 11.3 Å². The number of amides is 1. The molecule has 0 radical (unpaired) electrons. The number of nitrogens with one attached hydrogen (secondary N) is 1. The van der Waals surface area contributed by atoms with E-state index in [0.717, 1.165) is 33.4 Å². The monoisotopic (exact) mass is 415 g/mol. The smallest absolute Gasteiger partial charge is 0.263 e. The number of nitrogens with zero attached hydrogens (tertiary/aromatic N) is 1. The maximum Gasteiger partial charge on any atom is 0.263 e. The van der Waals surface area contributed by atoms with Crippen LogP contribution in [-0.2, 0) is 6.42 Å². The van der Waals surface area contributed by atoms with Crippen LogP contribution in [0.25, 0.3) is 10.1 Å². The van der Waals surface area contributed by atoms with Crippen LogP contribution in [0.1, 0.15) is 54.9 Å². The number of hydrogen-bond donors (Lipinski definition) is 2. The van der Waals surface area contributed by atoms with Crippen LogP contribution in [0.3, 0.4) is 0 Å². The number of fused-ring (bicyclic) bond motifs is 1. The SMILES string of the molecule is CC.CCC.COc1ccc(CCNC(=O)c2sc3cncc(C)c3c2N)cc1. The molecule has 1 amide bonds. The zero-order valence-corrected chi connectivity index (χ0v) is 19.2. The van der Waals surface area contributed by atoms with Gasteiger partial charge >= 0.3 is 0 Å². The van der Waals surface area contributed by atoms with Crippen LogP contribution in [0, 0.1) is 6.92 Å². The zero-order chi connectivity index (χ0) is 21.8. The minimum absolute atomic E-state index is 0.137. The lowest BCUT2D eigenvalue weighted by Gasteiger charge is -2.06. The maximum absolute atomic E-state index is 12.4. The molecule has 0 fully saturated rings. The van der Waals surface area contributed by atoms with E-state index in [1.807, 2.05) is 45.0 Å². The Labute approximate surface area is 178 Å². The second-order valence-electron chi connectivity index (χ2n) is 6.24. The molecule has 1 aromatic carbocycles. The molecule has 6 heteroatoms. The number of aromatic nitrogens is 1. The summed E-state index contributed by atoms with van der Waals surface area (Å²) >= 11 is 1.38. The minimum Gasteiger partial charge on any atom is -0.497 e. The van der Waals surface area contributed by atoms with Crippen molar-refractivity contribution in [2.24, 2.45) is 0 Å². The summed E-state index contributed by atoms with van der Waals surface area (Å²) in [6.45, 7) is 10.7. The van der Waals surface area contributed by atoms with Crippen molar-refractivity contribution in [3.8, 4) is 5.75 Å². The Bertz CT molecular complexity index is 889. The standard InChI is InChI=1S/C18H19N3O2S.C3H8.C2H6/c1-11-9-20-10-14-15(11)16(19)17(24-14)18(22)21-8-7-12-3-5-13(23-2)6-4-12;1-3-2;1-2/h3-6,9-10H,7-8,19H2,1-2H3,(H,21,22);3H2,1-2H3;1-2H3. The maximum atomic E-state index is 12.4. The number of carbonyl (C=O) groups excluding carboxylic acids is 1. The van der Waals surface area contributed by atoms with E-state index >= 15 is 0 Å². The third kappa shape index (κ3) is 6.75. The number of methoxy groups -OCH3 is 1. The second kappa shape index (κ2) is 12.8. The zero-order valence-electron chi connectivity index (χ0n) is 18.3. The van der Waals surface area contributed by atoms with Gasteiger partial charge in [0.25, 0.3) is 5.91 Å². The Hall–Kier alpha value is -2.60. The van der Waals surface area contributed by atoms with Crippen molar-refractivity contribution in [3.63, 3.8) is 0 Å². The van der Waals surface area contributed by atoms with Crippen LogP contribution in [0.5, 0.6) is 5.75 Å². The normalized spacial score (nSPS) is 9.72. The molecule has 0 aliphatic carbocycles. The van der Waals surface area contributed by atoms with Crippen molar-refractivity contribution in [3.05, 3.63) is 52.7 Å². The Morgan fingerprint density at radius 2 is 1.79 bits per heavy atom. The lowest BCUT2D eigenvalue weighted by Crippen LogP contribution is -2.25. The van der Waals surface area contributed by atoms with Crippen molar-refractivity contribution in [1.29, 1.82) is 0 Å². The first-order chi connectivity index (χ1) is 14.0. The summed E-state index contributed by atoms with van der Waals surface area (Å²) in [6, 6.07) is 7.81. The van der Waals surface area contributed by atoms with Crippen LogP contribution < -0.4 is 15.8 Å². The number of benzene rings is 1. The average Bonchev–Trinajstić information content (AvgIpc) is 3.08. The van der Waals surface area contributed by atoms with Gasteiger partial charge in [0.15, 0.2) is 0 Å². The number of nitrogens with two attached hydrogens (primary N) is 1. The molecule has 29 heavy (non-hydrogen) atoms. The third-order valence-corrected chi connectivity index (χ3v) is 5.03. The molecule has 5 nitrogen and oxygen atoms in total. The fourth-order valence-corrected chi connectivity index (χ4v) is 3.69. The highest BCUT2D eigenvalue weighted by Crippen LogP contribution is 2.34. The minimum atomic E-state index is -0.137. The summed E-state index contributed by atoms with van der Waals surface area (Å²) in [7, 11) is 1.64. The lowest BCUT2D eigenvalue weighted by atomic mass is 10.1. The van der Waals surface area contributed by atoms with Crippen LogP contribution in [0.2, 0.25) is 0 Å². The van der Waals surface area contributed by atoms with Gasteiger partial charge in [0, 0.05) is 24.3 Å². The van der Waals surface area contributed by atoms with E-state index in [0.29, 0.717) is 17.1 Å². The Morgan fingerprint density at radius 1 is 1.17 bits per heavy atom. The Kier molecular flexibility index (Phi) is 10.8. The van der Waals surface area contributed by atoms with Crippen LogP contribution in [0.4, 0.5) is 5.69 Å². The number of nitrogen functional groups attached to an aromatic ring is 1. The molecule has 0 saturated heterocycles. The summed E-state index contributed by atoms with van der Waals surface area (Å²) in [5, 5.41) is 3.86. The number of ether oxygens (including phenoxy) is 1. The quantitative estimate of drug-likeness (QED) is 0.568. The van der Waals surface area contributed by atoms with E-state index in [1.54, 1.807) is 19.5 Å². The fourth-order valence-electron chi connectivity index (χ4n) is 2.60. The van der Waals surface area contributed by atoms with E-state index in [2.05, 4.69) is 24.1 Å². The Balaban J connectivity index is 0.000000771. The van der Waals surface area contributed by atoms with E-state index in [4.69, 9.17) is 10.5 Å². The number of carbonyl (C=O) groups is 1. The summed E-state index contributed by atoms with van der Waals surface area (Å²) in [5.74, 6) is 0.687. The van der Waals surface area contributed by atoms with Gasteiger partial charge in [-0.1, -0.05) is 46.2 Å². The largest absolute Gasteiger partial charge is 0.497 e. The molecular formula is C23H33N3O2S. The van der Waals surface area contributed by atoms with Crippen molar-refractivity contribution >= 4 is 33.0 Å². The van der Waals surface area contributed by atoms with Crippen molar-refractivity contribution in [2.75, 3.05) is 19.4 Å². The average molecular weight is 416 g/mol. The number of pyridine rings is 1. The first-order valence-corrected chi connectivity index (χ1v) is 10.9. The summed E-state index contributed by atoms with van der Waals surface area (Å²) < 4.78 is 6.07. The molecule has 3 N–H and O–H groups in total.